The molecule has 0 aliphatic heterocycles. The first-order chi connectivity index (χ1) is 13.5. The molecular weight excluding hydrogens is 396 g/mol. The molecule has 1 aromatic carbocycles. The van der Waals surface area contributed by atoms with E-state index in [1.807, 2.05) is 18.2 Å². The molecule has 0 saturated heterocycles. The van der Waals surface area contributed by atoms with Crippen molar-refractivity contribution in [2.75, 3.05) is 12.3 Å². The van der Waals surface area contributed by atoms with Crippen LogP contribution in [0.5, 0.6) is 0 Å². The fourth-order valence-electron chi connectivity index (χ4n) is 2.70. The molecule has 0 unspecified atom stereocenters. The summed E-state index contributed by atoms with van der Waals surface area (Å²) in [6.07, 6.45) is 5.50. The maximum atomic E-state index is 12.3. The number of nitrogens with zero attached hydrogens (tertiary/aromatic N) is 1. The van der Waals surface area contributed by atoms with E-state index in [9.17, 15) is 14.4 Å². The first-order valence-corrected chi connectivity index (χ1v) is 10.7. The van der Waals surface area contributed by atoms with Gasteiger partial charge >= 0.3 is 0 Å². The Morgan fingerprint density at radius 3 is 2.57 bits per heavy atom. The number of unbranched alkanes of at least 4 members (excludes halogenated alkanes) is 3. The third kappa shape index (κ3) is 7.52. The number of carbonyl (C=O) groups is 2. The molecule has 0 radical (unpaired) electrons. The lowest BCUT2D eigenvalue weighted by Crippen LogP contribution is -2.27. The number of amides is 1. The van der Waals surface area contributed by atoms with Crippen LogP contribution in [0.3, 0.4) is 0 Å². The van der Waals surface area contributed by atoms with Crippen LogP contribution < -0.4 is 10.9 Å². The molecule has 0 atom stereocenters. The van der Waals surface area contributed by atoms with E-state index in [4.69, 9.17) is 11.6 Å². The van der Waals surface area contributed by atoms with Crippen LogP contribution in [0.4, 0.5) is 0 Å². The molecule has 7 heteroatoms. The van der Waals surface area contributed by atoms with Gasteiger partial charge < -0.3 is 9.88 Å². The molecular formula is C21H25ClN2O3S. The van der Waals surface area contributed by atoms with Crippen molar-refractivity contribution in [2.45, 2.75) is 39.2 Å². The number of thioether (sulfide) groups is 1. The number of nitrogens with one attached hydrogen (secondary N) is 1. The first-order valence-electron chi connectivity index (χ1n) is 9.33. The fraction of sp³-hybridized carbons (Fsp3) is 0.381. The molecule has 2 aromatic rings. The zero-order valence-corrected chi connectivity index (χ0v) is 17.5. The highest BCUT2D eigenvalue weighted by atomic mass is 35.5. The number of aromatic nitrogens is 1. The van der Waals surface area contributed by atoms with Gasteiger partial charge in [0.1, 0.15) is 0 Å². The summed E-state index contributed by atoms with van der Waals surface area (Å²) < 4.78 is 1.49. The number of rotatable bonds is 10. The van der Waals surface area contributed by atoms with E-state index >= 15 is 0 Å². The van der Waals surface area contributed by atoms with Crippen LogP contribution in [0.2, 0.25) is 5.02 Å². The van der Waals surface area contributed by atoms with Gasteiger partial charge in [-0.05, 0) is 30.5 Å². The van der Waals surface area contributed by atoms with Gasteiger partial charge in [0.25, 0.3) is 11.5 Å². The van der Waals surface area contributed by atoms with Crippen LogP contribution in [-0.2, 0) is 11.3 Å². The van der Waals surface area contributed by atoms with Gasteiger partial charge in [0.15, 0.2) is 5.12 Å². The minimum Gasteiger partial charge on any atom is -0.352 e. The highest BCUT2D eigenvalue weighted by molar-refractivity contribution is 8.13. The van der Waals surface area contributed by atoms with Gasteiger partial charge in [-0.3, -0.25) is 14.4 Å². The summed E-state index contributed by atoms with van der Waals surface area (Å²) >= 11 is 7.52. The van der Waals surface area contributed by atoms with Gasteiger partial charge in [-0.15, -0.1) is 0 Å². The summed E-state index contributed by atoms with van der Waals surface area (Å²) in [7, 11) is 0. The average Bonchev–Trinajstić information content (AvgIpc) is 2.67. The van der Waals surface area contributed by atoms with Crippen LogP contribution >= 0.6 is 23.4 Å². The Morgan fingerprint density at radius 1 is 1.07 bits per heavy atom. The predicted octanol–water partition coefficient (Wildman–Crippen LogP) is 4.12. The van der Waals surface area contributed by atoms with E-state index in [-0.39, 0.29) is 16.6 Å². The Kier molecular flexibility index (Phi) is 9.31. The second kappa shape index (κ2) is 11.7. The number of hydrogen-bond acceptors (Lipinski definition) is 4. The Morgan fingerprint density at radius 2 is 1.82 bits per heavy atom. The average molecular weight is 421 g/mol. The van der Waals surface area contributed by atoms with Crippen molar-refractivity contribution >= 4 is 34.4 Å². The summed E-state index contributed by atoms with van der Waals surface area (Å²) in [5, 5.41) is 3.63. The molecule has 1 aromatic heterocycles. The van der Waals surface area contributed by atoms with Crippen molar-refractivity contribution in [3.63, 3.8) is 0 Å². The van der Waals surface area contributed by atoms with E-state index in [1.54, 1.807) is 25.3 Å². The van der Waals surface area contributed by atoms with Gasteiger partial charge in [-0.25, -0.2) is 0 Å². The fourth-order valence-corrected chi connectivity index (χ4v) is 3.53. The highest BCUT2D eigenvalue weighted by Crippen LogP contribution is 2.15. The molecule has 0 aliphatic rings. The lowest BCUT2D eigenvalue weighted by atomic mass is 10.2. The van der Waals surface area contributed by atoms with Crippen molar-refractivity contribution in [3.8, 4) is 0 Å². The highest BCUT2D eigenvalue weighted by Gasteiger charge is 2.08. The van der Waals surface area contributed by atoms with E-state index in [0.717, 1.165) is 37.0 Å². The number of benzene rings is 1. The lowest BCUT2D eigenvalue weighted by Gasteiger charge is -2.10. The van der Waals surface area contributed by atoms with Gasteiger partial charge in [-0.1, -0.05) is 54.4 Å². The Labute approximate surface area is 174 Å². The molecule has 0 fully saturated rings. The summed E-state index contributed by atoms with van der Waals surface area (Å²) in [4.78, 5) is 35.3. The topological polar surface area (TPSA) is 68.2 Å². The monoisotopic (exact) mass is 420 g/mol. The molecule has 2 rings (SSSR count). The van der Waals surface area contributed by atoms with Gasteiger partial charge in [0.05, 0.1) is 12.1 Å². The third-order valence-electron chi connectivity index (χ3n) is 4.21. The second-order valence-electron chi connectivity index (χ2n) is 6.49. The zero-order valence-electron chi connectivity index (χ0n) is 15.9. The van der Waals surface area contributed by atoms with Crippen LogP contribution in [0.1, 0.15) is 48.5 Å². The van der Waals surface area contributed by atoms with E-state index in [0.29, 0.717) is 23.7 Å². The zero-order chi connectivity index (χ0) is 20.4. The quantitative estimate of drug-likeness (QED) is 0.587. The summed E-state index contributed by atoms with van der Waals surface area (Å²) in [6.45, 7) is 2.48. The van der Waals surface area contributed by atoms with Gasteiger partial charge in [0, 0.05) is 36.5 Å². The summed E-state index contributed by atoms with van der Waals surface area (Å²) in [6, 6.07) is 10.3. The molecule has 0 spiro atoms. The van der Waals surface area contributed by atoms with Crippen LogP contribution in [0.25, 0.3) is 0 Å². The predicted molar refractivity (Wildman–Crippen MR) is 115 cm³/mol. The van der Waals surface area contributed by atoms with Crippen molar-refractivity contribution < 1.29 is 9.59 Å². The molecule has 0 bridgehead atoms. The molecule has 1 heterocycles. The molecule has 5 nitrogen and oxygen atoms in total. The number of pyridine rings is 1. The first kappa shape index (κ1) is 22.2. The molecule has 1 amide bonds. The molecule has 150 valence electrons. The van der Waals surface area contributed by atoms with Crippen LogP contribution in [0.15, 0.2) is 47.4 Å². The standard InChI is InChI=1S/C21H25ClN2O3S/c1-16(25)28-13-7-3-2-6-12-23-21(27)18-10-11-20(26)24(15-18)14-17-8-4-5-9-19(17)22/h4-5,8-11,15H,2-3,6-7,12-14H2,1H3,(H,23,27). The Bertz CT molecular complexity index is 867. The lowest BCUT2D eigenvalue weighted by molar-refractivity contribution is -0.109. The number of carbonyl (C=O) groups excluding carboxylic acids is 2. The molecule has 0 aliphatic carbocycles. The maximum absolute atomic E-state index is 12.3. The van der Waals surface area contributed by atoms with Crippen molar-refractivity contribution in [1.29, 1.82) is 0 Å². The third-order valence-corrected chi connectivity index (χ3v) is 5.47. The largest absolute Gasteiger partial charge is 0.352 e. The van der Waals surface area contributed by atoms with Crippen molar-refractivity contribution in [2.24, 2.45) is 0 Å². The molecule has 0 saturated carbocycles. The minimum atomic E-state index is -0.194. The Hall–Kier alpha value is -2.05. The minimum absolute atomic E-state index is 0.156. The normalized spacial score (nSPS) is 10.6. The maximum Gasteiger partial charge on any atom is 0.252 e. The Balaban J connectivity index is 1.81. The number of hydrogen-bond donors (Lipinski definition) is 1. The molecule has 1 N–H and O–H groups in total. The molecule has 28 heavy (non-hydrogen) atoms. The number of halogens is 1. The SMILES string of the molecule is CC(=O)SCCCCCCNC(=O)c1ccc(=O)n(Cc2ccccc2Cl)c1. The van der Waals surface area contributed by atoms with Crippen LogP contribution in [0, 0.1) is 0 Å². The van der Waals surface area contributed by atoms with Gasteiger partial charge in [0.2, 0.25) is 0 Å². The van der Waals surface area contributed by atoms with E-state index < -0.39 is 0 Å². The van der Waals surface area contributed by atoms with Gasteiger partial charge in [-0.2, -0.15) is 0 Å². The van der Waals surface area contributed by atoms with E-state index in [2.05, 4.69) is 5.32 Å². The van der Waals surface area contributed by atoms with E-state index in [1.165, 1.54) is 22.4 Å². The van der Waals surface area contributed by atoms with Crippen LogP contribution in [-0.4, -0.2) is 27.9 Å². The summed E-state index contributed by atoms with van der Waals surface area (Å²) in [5.41, 5.74) is 1.09. The van der Waals surface area contributed by atoms with Crippen molar-refractivity contribution in [1.82, 2.24) is 9.88 Å². The summed E-state index contributed by atoms with van der Waals surface area (Å²) in [5.74, 6) is 0.661. The second-order valence-corrected chi connectivity index (χ2v) is 8.16. The van der Waals surface area contributed by atoms with Crippen molar-refractivity contribution in [3.05, 3.63) is 69.1 Å². The smallest absolute Gasteiger partial charge is 0.252 e.